The van der Waals surface area contributed by atoms with Crippen LogP contribution in [-0.4, -0.2) is 57.2 Å². The molecule has 2 aliphatic heterocycles. The molecule has 8 heteroatoms. The summed E-state index contributed by atoms with van der Waals surface area (Å²) in [5, 5.41) is 16.3. The normalized spacial score (nSPS) is 23.2. The highest BCUT2D eigenvalue weighted by Gasteiger charge is 2.35. The van der Waals surface area contributed by atoms with E-state index in [4.69, 9.17) is 5.26 Å². The van der Waals surface area contributed by atoms with E-state index >= 15 is 0 Å². The van der Waals surface area contributed by atoms with Crippen molar-refractivity contribution in [3.63, 3.8) is 0 Å². The van der Waals surface area contributed by atoms with Gasteiger partial charge >= 0.3 is 6.03 Å². The lowest BCUT2D eigenvalue weighted by Crippen LogP contribution is -2.42. The van der Waals surface area contributed by atoms with Crippen molar-refractivity contribution in [2.45, 2.75) is 57.7 Å². The number of nitriles is 1. The Bertz CT molecular complexity index is 761. The summed E-state index contributed by atoms with van der Waals surface area (Å²) in [5.41, 5.74) is 1.28. The fraction of sp³-hybridized carbons (Fsp3) is 0.684. The third kappa shape index (κ3) is 3.77. The molecule has 1 aromatic rings. The molecule has 3 aliphatic rings. The second kappa shape index (κ2) is 7.59. The number of hydrogen-bond acceptors (Lipinski definition) is 4. The number of nitrogens with zero attached hydrogens (tertiary/aromatic N) is 5. The van der Waals surface area contributed by atoms with Gasteiger partial charge in [0.15, 0.2) is 5.69 Å². The Morgan fingerprint density at radius 3 is 2.89 bits per heavy atom. The molecule has 27 heavy (non-hydrogen) atoms. The minimum Gasteiger partial charge on any atom is -0.339 e. The van der Waals surface area contributed by atoms with Gasteiger partial charge in [-0.1, -0.05) is 12.8 Å². The molecule has 1 aliphatic carbocycles. The average molecular weight is 370 g/mol. The molecule has 1 saturated heterocycles. The number of hydrogen-bond donors (Lipinski definition) is 1. The standard InChI is InChI=1S/C19H26N6O2/c20-10-15-9-17-13-23(6-3-7-25(17)22-15)19(27)21-11-14-8-18(26)24(12-14)16-4-1-2-5-16/h9,14,16H,1-8,11-13H2,(H,21,27)/t14-/m0/s1. The minimum atomic E-state index is -0.102. The molecule has 2 fully saturated rings. The Kier molecular flexibility index (Phi) is 5.01. The van der Waals surface area contributed by atoms with Crippen molar-refractivity contribution in [1.29, 1.82) is 5.26 Å². The van der Waals surface area contributed by atoms with Crippen molar-refractivity contribution in [2.24, 2.45) is 5.92 Å². The van der Waals surface area contributed by atoms with Crippen LogP contribution in [0.15, 0.2) is 6.07 Å². The highest BCUT2D eigenvalue weighted by molar-refractivity contribution is 5.79. The van der Waals surface area contributed by atoms with E-state index in [1.165, 1.54) is 12.8 Å². The van der Waals surface area contributed by atoms with Gasteiger partial charge in [-0.2, -0.15) is 10.4 Å². The Labute approximate surface area is 159 Å². The van der Waals surface area contributed by atoms with Crippen molar-refractivity contribution < 1.29 is 9.59 Å². The number of carbonyl (C=O) groups excluding carboxylic acids is 2. The van der Waals surface area contributed by atoms with Gasteiger partial charge in [-0.15, -0.1) is 0 Å². The third-order valence-electron chi connectivity index (χ3n) is 5.96. The number of rotatable bonds is 3. The maximum Gasteiger partial charge on any atom is 0.317 e. The summed E-state index contributed by atoms with van der Waals surface area (Å²) < 4.78 is 1.82. The van der Waals surface area contributed by atoms with Crippen molar-refractivity contribution in [3.05, 3.63) is 17.5 Å². The number of aromatic nitrogens is 2. The first-order chi connectivity index (χ1) is 13.1. The zero-order valence-corrected chi connectivity index (χ0v) is 15.6. The molecule has 3 amide bonds. The molecule has 4 rings (SSSR count). The Balaban J connectivity index is 1.30. The topological polar surface area (TPSA) is 94.3 Å². The SMILES string of the molecule is N#Cc1cc2n(n1)CCCN(C(=O)NC[C@@H]1CC(=O)N(C3CCCC3)C1)C2. The summed E-state index contributed by atoms with van der Waals surface area (Å²) in [6.07, 6.45) is 6.02. The van der Waals surface area contributed by atoms with Crippen LogP contribution >= 0.6 is 0 Å². The number of urea groups is 1. The number of likely N-dealkylation sites (tertiary alicyclic amines) is 1. The minimum absolute atomic E-state index is 0.102. The van der Waals surface area contributed by atoms with Gasteiger partial charge in [0.1, 0.15) is 6.07 Å². The van der Waals surface area contributed by atoms with E-state index in [-0.39, 0.29) is 17.9 Å². The number of carbonyl (C=O) groups is 2. The average Bonchev–Trinajstić information content (AvgIpc) is 3.37. The van der Waals surface area contributed by atoms with E-state index in [2.05, 4.69) is 16.5 Å². The monoisotopic (exact) mass is 370 g/mol. The van der Waals surface area contributed by atoms with Gasteiger partial charge in [0.2, 0.25) is 5.91 Å². The van der Waals surface area contributed by atoms with Crippen LogP contribution in [0.2, 0.25) is 0 Å². The second-order valence-electron chi connectivity index (χ2n) is 7.87. The van der Waals surface area contributed by atoms with E-state index in [1.54, 1.807) is 11.0 Å². The van der Waals surface area contributed by atoms with Crippen molar-refractivity contribution in [2.75, 3.05) is 19.6 Å². The first-order valence-corrected chi connectivity index (χ1v) is 9.93. The van der Waals surface area contributed by atoms with Crippen LogP contribution in [0.5, 0.6) is 0 Å². The number of aryl methyl sites for hydroxylation is 1. The number of fused-ring (bicyclic) bond motifs is 1. The second-order valence-corrected chi connectivity index (χ2v) is 7.87. The first kappa shape index (κ1) is 17.8. The van der Waals surface area contributed by atoms with Crippen molar-refractivity contribution in [3.8, 4) is 6.07 Å². The molecule has 1 saturated carbocycles. The van der Waals surface area contributed by atoms with Crippen LogP contribution in [0.4, 0.5) is 4.79 Å². The highest BCUT2D eigenvalue weighted by atomic mass is 16.2. The molecule has 0 bridgehead atoms. The predicted molar refractivity (Wildman–Crippen MR) is 97.4 cm³/mol. The molecular formula is C19H26N6O2. The number of amides is 3. The van der Waals surface area contributed by atoms with E-state index in [0.29, 0.717) is 44.3 Å². The maximum absolute atomic E-state index is 12.6. The molecule has 0 unspecified atom stereocenters. The molecule has 3 heterocycles. The van der Waals surface area contributed by atoms with Gasteiger partial charge in [-0.05, 0) is 25.3 Å². The zero-order valence-electron chi connectivity index (χ0n) is 15.6. The van der Waals surface area contributed by atoms with E-state index in [1.807, 2.05) is 9.58 Å². The van der Waals surface area contributed by atoms with Crippen molar-refractivity contribution in [1.82, 2.24) is 24.9 Å². The fourth-order valence-electron chi connectivity index (χ4n) is 4.55. The lowest BCUT2D eigenvalue weighted by atomic mass is 10.1. The fourth-order valence-corrected chi connectivity index (χ4v) is 4.55. The molecule has 1 atom stereocenters. The van der Waals surface area contributed by atoms with Crippen LogP contribution in [0.25, 0.3) is 0 Å². The lowest BCUT2D eigenvalue weighted by Gasteiger charge is -2.24. The van der Waals surface area contributed by atoms with E-state index in [9.17, 15) is 9.59 Å². The molecular weight excluding hydrogens is 344 g/mol. The summed E-state index contributed by atoms with van der Waals surface area (Å²) in [6, 6.07) is 4.12. The van der Waals surface area contributed by atoms with Crippen LogP contribution in [0, 0.1) is 17.2 Å². The van der Waals surface area contributed by atoms with Gasteiger partial charge < -0.3 is 15.1 Å². The maximum atomic E-state index is 12.6. The lowest BCUT2D eigenvalue weighted by molar-refractivity contribution is -0.129. The van der Waals surface area contributed by atoms with Gasteiger partial charge in [-0.3, -0.25) is 9.48 Å². The smallest absolute Gasteiger partial charge is 0.317 e. The van der Waals surface area contributed by atoms with Crippen LogP contribution in [0.3, 0.4) is 0 Å². The molecule has 1 aromatic heterocycles. The molecule has 8 nitrogen and oxygen atoms in total. The zero-order chi connectivity index (χ0) is 18.8. The highest BCUT2D eigenvalue weighted by Crippen LogP contribution is 2.29. The molecule has 1 N–H and O–H groups in total. The summed E-state index contributed by atoms with van der Waals surface area (Å²) >= 11 is 0. The Morgan fingerprint density at radius 2 is 2.11 bits per heavy atom. The van der Waals surface area contributed by atoms with Crippen LogP contribution in [-0.2, 0) is 17.9 Å². The van der Waals surface area contributed by atoms with Gasteiger partial charge in [0, 0.05) is 44.6 Å². The Hall–Kier alpha value is -2.56. The quantitative estimate of drug-likeness (QED) is 0.871. The molecule has 0 radical (unpaired) electrons. The summed E-state index contributed by atoms with van der Waals surface area (Å²) in [4.78, 5) is 28.7. The first-order valence-electron chi connectivity index (χ1n) is 9.93. The predicted octanol–water partition coefficient (Wildman–Crippen LogP) is 1.46. The largest absolute Gasteiger partial charge is 0.339 e. The van der Waals surface area contributed by atoms with Gasteiger partial charge in [-0.25, -0.2) is 4.79 Å². The molecule has 144 valence electrons. The van der Waals surface area contributed by atoms with Gasteiger partial charge in [0.25, 0.3) is 0 Å². The molecule has 0 aromatic carbocycles. The Morgan fingerprint density at radius 1 is 1.30 bits per heavy atom. The number of nitrogens with one attached hydrogen (secondary N) is 1. The summed E-state index contributed by atoms with van der Waals surface area (Å²) in [7, 11) is 0. The van der Waals surface area contributed by atoms with Crippen LogP contribution < -0.4 is 5.32 Å². The van der Waals surface area contributed by atoms with Gasteiger partial charge in [0.05, 0.1) is 12.2 Å². The third-order valence-corrected chi connectivity index (χ3v) is 5.96. The van der Waals surface area contributed by atoms with E-state index in [0.717, 1.165) is 31.5 Å². The van der Waals surface area contributed by atoms with Crippen molar-refractivity contribution >= 4 is 11.9 Å². The summed E-state index contributed by atoms with van der Waals surface area (Å²) in [5.74, 6) is 0.439. The summed E-state index contributed by atoms with van der Waals surface area (Å²) in [6.45, 7) is 3.14. The van der Waals surface area contributed by atoms with E-state index < -0.39 is 0 Å². The van der Waals surface area contributed by atoms with Crippen LogP contribution in [0.1, 0.15) is 49.9 Å². The molecule has 0 spiro atoms.